The summed E-state index contributed by atoms with van der Waals surface area (Å²) >= 11 is 6.10. The van der Waals surface area contributed by atoms with E-state index in [0.717, 1.165) is 24.0 Å². The summed E-state index contributed by atoms with van der Waals surface area (Å²) in [7, 11) is 0. The van der Waals surface area contributed by atoms with Gasteiger partial charge in [-0.3, -0.25) is 9.59 Å². The van der Waals surface area contributed by atoms with Crippen molar-refractivity contribution in [3.63, 3.8) is 0 Å². The molecule has 1 aliphatic heterocycles. The molecule has 1 fully saturated rings. The number of aromatic nitrogens is 5. The number of halogens is 1. The Hall–Kier alpha value is -3.52. The molecule has 2 aromatic heterocycles. The van der Waals surface area contributed by atoms with Crippen LogP contribution in [0, 0.1) is 0 Å². The first-order chi connectivity index (χ1) is 16.1. The number of amides is 1. The van der Waals surface area contributed by atoms with E-state index in [-0.39, 0.29) is 22.9 Å². The summed E-state index contributed by atoms with van der Waals surface area (Å²) in [6, 6.07) is 17.2. The molecule has 0 radical (unpaired) electrons. The second-order valence-electron chi connectivity index (χ2n) is 8.34. The van der Waals surface area contributed by atoms with Gasteiger partial charge in [-0.1, -0.05) is 59.3 Å². The molecule has 168 valence electrons. The molecule has 0 bridgehead atoms. The largest absolute Gasteiger partial charge is 0.342 e. The number of H-pyrrole nitrogens is 1. The van der Waals surface area contributed by atoms with Crippen LogP contribution in [0.5, 0.6) is 0 Å². The standard InChI is InChI=1S/C24H23ClN6O2/c25-19-10-4-8-17(12-19)14-31-23-21(28-29-31)24(33)27-22(26-23)18-9-5-11-30(15-18)20(32)13-16-6-2-1-3-7-16/h1-4,6-8,10,12,18H,5,9,11,13-15H2,(H,26,27,33)/t18-/m1/s1. The van der Waals surface area contributed by atoms with E-state index in [2.05, 4.69) is 15.3 Å². The van der Waals surface area contributed by atoms with E-state index >= 15 is 0 Å². The molecule has 0 unspecified atom stereocenters. The summed E-state index contributed by atoms with van der Waals surface area (Å²) in [6.45, 7) is 1.64. The van der Waals surface area contributed by atoms with Crippen molar-refractivity contribution < 1.29 is 4.79 Å². The fraction of sp³-hybridized carbons (Fsp3) is 0.292. The molecule has 1 atom stereocenters. The number of carbonyl (C=O) groups is 1. The lowest BCUT2D eigenvalue weighted by Gasteiger charge is -2.32. The Morgan fingerprint density at radius 2 is 1.94 bits per heavy atom. The second kappa shape index (κ2) is 9.15. The van der Waals surface area contributed by atoms with Crippen molar-refractivity contribution in [2.24, 2.45) is 0 Å². The number of carbonyl (C=O) groups excluding carboxylic acids is 1. The summed E-state index contributed by atoms with van der Waals surface area (Å²) < 4.78 is 1.61. The minimum Gasteiger partial charge on any atom is -0.342 e. The molecule has 8 nitrogen and oxygen atoms in total. The van der Waals surface area contributed by atoms with Gasteiger partial charge in [0, 0.05) is 24.0 Å². The maximum Gasteiger partial charge on any atom is 0.281 e. The van der Waals surface area contributed by atoms with Gasteiger partial charge in [0.2, 0.25) is 5.91 Å². The molecular formula is C24H23ClN6O2. The Morgan fingerprint density at radius 3 is 2.76 bits per heavy atom. The summed E-state index contributed by atoms with van der Waals surface area (Å²) in [5.74, 6) is 0.603. The number of nitrogens with one attached hydrogen (secondary N) is 1. The third-order valence-electron chi connectivity index (χ3n) is 5.97. The monoisotopic (exact) mass is 462 g/mol. The zero-order valence-corrected chi connectivity index (χ0v) is 18.7. The Bertz CT molecular complexity index is 1350. The van der Waals surface area contributed by atoms with Gasteiger partial charge < -0.3 is 9.88 Å². The van der Waals surface area contributed by atoms with Crippen molar-refractivity contribution in [2.45, 2.75) is 31.7 Å². The number of hydrogen-bond donors (Lipinski definition) is 1. The van der Waals surface area contributed by atoms with Crippen molar-refractivity contribution >= 4 is 28.7 Å². The maximum atomic E-state index is 12.9. The topological polar surface area (TPSA) is 96.8 Å². The molecule has 2 aromatic carbocycles. The van der Waals surface area contributed by atoms with Gasteiger partial charge in [0.15, 0.2) is 11.2 Å². The van der Waals surface area contributed by atoms with Crippen molar-refractivity contribution in [1.82, 2.24) is 29.9 Å². The van der Waals surface area contributed by atoms with Crippen molar-refractivity contribution in [2.75, 3.05) is 13.1 Å². The summed E-state index contributed by atoms with van der Waals surface area (Å²) in [5.41, 5.74) is 2.25. The third kappa shape index (κ3) is 4.66. The van der Waals surface area contributed by atoms with Gasteiger partial charge in [0.1, 0.15) is 5.82 Å². The van der Waals surface area contributed by atoms with Gasteiger partial charge in [-0.25, -0.2) is 9.67 Å². The molecule has 1 saturated heterocycles. The molecule has 9 heteroatoms. The average molecular weight is 463 g/mol. The minimum absolute atomic E-state index is 0.0508. The lowest BCUT2D eigenvalue weighted by molar-refractivity contribution is -0.131. The van der Waals surface area contributed by atoms with Crippen LogP contribution in [-0.2, 0) is 17.8 Å². The van der Waals surface area contributed by atoms with Crippen LogP contribution in [0.15, 0.2) is 59.4 Å². The predicted octanol–water partition coefficient (Wildman–Crippen LogP) is 3.17. The summed E-state index contributed by atoms with van der Waals surface area (Å²) in [4.78, 5) is 35.0. The van der Waals surface area contributed by atoms with Gasteiger partial charge in [0.05, 0.1) is 13.0 Å². The highest BCUT2D eigenvalue weighted by Gasteiger charge is 2.27. The van der Waals surface area contributed by atoms with Gasteiger partial charge in [-0.2, -0.15) is 0 Å². The number of aromatic amines is 1. The molecular weight excluding hydrogens is 440 g/mol. The molecule has 5 rings (SSSR count). The highest BCUT2D eigenvalue weighted by Crippen LogP contribution is 2.25. The lowest BCUT2D eigenvalue weighted by atomic mass is 9.96. The van der Waals surface area contributed by atoms with E-state index in [4.69, 9.17) is 16.6 Å². The van der Waals surface area contributed by atoms with Crippen LogP contribution in [0.2, 0.25) is 5.02 Å². The van der Waals surface area contributed by atoms with Gasteiger partial charge in [-0.05, 0) is 36.1 Å². The van der Waals surface area contributed by atoms with E-state index in [1.807, 2.05) is 53.4 Å². The Labute approximate surface area is 195 Å². The van der Waals surface area contributed by atoms with Crippen LogP contribution in [-0.4, -0.2) is 48.9 Å². The van der Waals surface area contributed by atoms with Crippen LogP contribution in [0.1, 0.15) is 35.7 Å². The van der Waals surface area contributed by atoms with Crippen molar-refractivity contribution in [1.29, 1.82) is 0 Å². The van der Waals surface area contributed by atoms with Crippen LogP contribution in [0.25, 0.3) is 11.2 Å². The predicted molar refractivity (Wildman–Crippen MR) is 125 cm³/mol. The van der Waals surface area contributed by atoms with E-state index in [0.29, 0.717) is 42.5 Å². The molecule has 1 amide bonds. The highest BCUT2D eigenvalue weighted by molar-refractivity contribution is 6.30. The Balaban J connectivity index is 1.38. The van der Waals surface area contributed by atoms with Crippen molar-refractivity contribution in [3.05, 3.63) is 86.9 Å². The first kappa shape index (κ1) is 21.3. The van der Waals surface area contributed by atoms with Gasteiger partial charge in [-0.15, -0.1) is 5.10 Å². The molecule has 1 N–H and O–H groups in total. The molecule has 0 saturated carbocycles. The van der Waals surface area contributed by atoms with E-state index in [1.165, 1.54) is 0 Å². The number of nitrogens with zero attached hydrogens (tertiary/aromatic N) is 5. The smallest absolute Gasteiger partial charge is 0.281 e. The summed E-state index contributed by atoms with van der Waals surface area (Å²) in [6.07, 6.45) is 2.07. The molecule has 0 spiro atoms. The zero-order chi connectivity index (χ0) is 22.8. The van der Waals surface area contributed by atoms with E-state index in [1.54, 1.807) is 10.7 Å². The minimum atomic E-state index is -0.319. The van der Waals surface area contributed by atoms with Gasteiger partial charge >= 0.3 is 0 Å². The van der Waals surface area contributed by atoms with E-state index in [9.17, 15) is 9.59 Å². The zero-order valence-electron chi connectivity index (χ0n) is 17.9. The number of rotatable bonds is 5. The molecule has 33 heavy (non-hydrogen) atoms. The number of hydrogen-bond acceptors (Lipinski definition) is 5. The van der Waals surface area contributed by atoms with Crippen molar-refractivity contribution in [3.8, 4) is 0 Å². The van der Waals surface area contributed by atoms with Crippen LogP contribution >= 0.6 is 11.6 Å². The Morgan fingerprint density at radius 1 is 1.12 bits per heavy atom. The normalized spacial score (nSPS) is 16.3. The molecule has 1 aliphatic rings. The van der Waals surface area contributed by atoms with Crippen LogP contribution in [0.4, 0.5) is 0 Å². The number of benzene rings is 2. The number of fused-ring (bicyclic) bond motifs is 1. The Kier molecular flexibility index (Phi) is 5.92. The maximum absolute atomic E-state index is 12.9. The number of piperidine rings is 1. The highest BCUT2D eigenvalue weighted by atomic mass is 35.5. The first-order valence-electron chi connectivity index (χ1n) is 11.0. The van der Waals surface area contributed by atoms with Gasteiger partial charge in [0.25, 0.3) is 5.56 Å². The lowest BCUT2D eigenvalue weighted by Crippen LogP contribution is -2.40. The molecule has 3 heterocycles. The van der Waals surface area contributed by atoms with Crippen LogP contribution < -0.4 is 5.56 Å². The molecule has 0 aliphatic carbocycles. The third-order valence-corrected chi connectivity index (χ3v) is 6.21. The fourth-order valence-corrected chi connectivity index (χ4v) is 4.51. The first-order valence-corrected chi connectivity index (χ1v) is 11.3. The molecule has 4 aromatic rings. The number of likely N-dealkylation sites (tertiary alicyclic amines) is 1. The van der Waals surface area contributed by atoms with E-state index < -0.39 is 0 Å². The fourth-order valence-electron chi connectivity index (χ4n) is 4.30. The summed E-state index contributed by atoms with van der Waals surface area (Å²) in [5, 5.41) is 8.79. The second-order valence-corrected chi connectivity index (χ2v) is 8.78. The quantitative estimate of drug-likeness (QED) is 0.491. The average Bonchev–Trinajstić information content (AvgIpc) is 3.23. The van der Waals surface area contributed by atoms with Crippen LogP contribution in [0.3, 0.4) is 0 Å². The SMILES string of the molecule is O=C(Cc1ccccc1)N1CCC[C@@H](c2nc3c(nnn3Cc3cccc(Cl)c3)c(=O)[nH]2)C1.